The molecule has 0 radical (unpaired) electrons. The van der Waals surface area contributed by atoms with Gasteiger partial charge in [-0.1, -0.05) is 15.9 Å². The van der Waals surface area contributed by atoms with Crippen LogP contribution in [0.4, 0.5) is 23.2 Å². The van der Waals surface area contributed by atoms with E-state index < -0.39 is 32.5 Å². The normalized spacial score (nSPS) is 12.3. The second kappa shape index (κ2) is 6.40. The van der Waals surface area contributed by atoms with Crippen molar-refractivity contribution in [1.82, 2.24) is 0 Å². The molecule has 2 rings (SSSR count). The first-order valence-corrected chi connectivity index (χ1v) is 8.92. The van der Waals surface area contributed by atoms with Gasteiger partial charge in [0.25, 0.3) is 10.0 Å². The third-order valence-corrected chi connectivity index (χ3v) is 5.44. The molecule has 3 nitrogen and oxygen atoms in total. The molecule has 0 saturated carbocycles. The Kier molecular flexibility index (Phi) is 5.07. The van der Waals surface area contributed by atoms with Crippen molar-refractivity contribution >= 4 is 47.6 Å². The number of hydrogen-bond acceptors (Lipinski definition) is 2. The summed E-state index contributed by atoms with van der Waals surface area (Å²) in [5, 5.41) is 0. The molecule has 1 N–H and O–H groups in total. The van der Waals surface area contributed by atoms with Crippen molar-refractivity contribution < 1.29 is 26.0 Å². The van der Waals surface area contributed by atoms with Gasteiger partial charge in [0.1, 0.15) is 5.82 Å². The Morgan fingerprint density at radius 1 is 0.957 bits per heavy atom. The molecule has 0 aromatic heterocycles. The molecule has 0 spiro atoms. The maximum Gasteiger partial charge on any atom is 0.417 e. The summed E-state index contributed by atoms with van der Waals surface area (Å²) >= 11 is 5.71. The average Bonchev–Trinajstić information content (AvgIpc) is 2.41. The highest BCUT2D eigenvalue weighted by Crippen LogP contribution is 2.36. The van der Waals surface area contributed by atoms with Crippen LogP contribution in [0.15, 0.2) is 50.2 Å². The lowest BCUT2D eigenvalue weighted by molar-refractivity contribution is -0.138. The molecule has 10 heteroatoms. The molecule has 0 fully saturated rings. The summed E-state index contributed by atoms with van der Waals surface area (Å²) in [7, 11) is -4.27. The maximum atomic E-state index is 13.0. The fourth-order valence-corrected chi connectivity index (χ4v) is 3.82. The molecule has 0 aliphatic heterocycles. The van der Waals surface area contributed by atoms with Gasteiger partial charge in [0, 0.05) is 8.95 Å². The second-order valence-corrected chi connectivity index (χ2v) is 7.76. The molecule has 0 amide bonds. The summed E-state index contributed by atoms with van der Waals surface area (Å²) in [5.41, 5.74) is -1.11. The minimum atomic E-state index is -4.71. The highest BCUT2D eigenvalue weighted by Gasteiger charge is 2.34. The lowest BCUT2D eigenvalue weighted by atomic mass is 10.2. The number of benzene rings is 2. The van der Waals surface area contributed by atoms with Gasteiger partial charge in [0.15, 0.2) is 0 Å². The zero-order valence-corrected chi connectivity index (χ0v) is 14.9. The number of rotatable bonds is 3. The van der Waals surface area contributed by atoms with Crippen LogP contribution in [-0.2, 0) is 16.2 Å². The van der Waals surface area contributed by atoms with Crippen molar-refractivity contribution in [3.05, 3.63) is 56.7 Å². The van der Waals surface area contributed by atoms with Crippen LogP contribution in [0.1, 0.15) is 5.56 Å². The van der Waals surface area contributed by atoms with Crippen molar-refractivity contribution in [3.8, 4) is 0 Å². The summed E-state index contributed by atoms with van der Waals surface area (Å²) in [5.74, 6) is -0.595. The quantitative estimate of drug-likeness (QED) is 0.621. The first kappa shape index (κ1) is 18.2. The Morgan fingerprint density at radius 3 is 2.17 bits per heavy atom. The van der Waals surface area contributed by atoms with E-state index in [0.717, 1.165) is 30.3 Å². The number of alkyl halides is 3. The highest BCUT2D eigenvalue weighted by molar-refractivity contribution is 9.11. The molecule has 2 aromatic rings. The SMILES string of the molecule is O=S(=O)(Nc1ccc(F)cc1Br)c1ccc(Br)c(C(F)(F)F)c1. The Morgan fingerprint density at radius 2 is 1.61 bits per heavy atom. The van der Waals surface area contributed by atoms with E-state index >= 15 is 0 Å². The van der Waals surface area contributed by atoms with E-state index in [-0.39, 0.29) is 14.6 Å². The molecular weight excluding hydrogens is 470 g/mol. The molecule has 0 aliphatic carbocycles. The predicted octanol–water partition coefficient (Wildman–Crippen LogP) is 5.17. The molecule has 0 unspecified atom stereocenters. The lowest BCUT2D eigenvalue weighted by Crippen LogP contribution is -2.15. The summed E-state index contributed by atoms with van der Waals surface area (Å²) in [6.07, 6.45) is -4.71. The fraction of sp³-hybridized carbons (Fsp3) is 0.0769. The summed E-state index contributed by atoms with van der Waals surface area (Å²) < 4.78 is 78.0. The molecule has 0 heterocycles. The molecule has 0 bridgehead atoms. The van der Waals surface area contributed by atoms with Gasteiger partial charge in [-0.15, -0.1) is 0 Å². The van der Waals surface area contributed by atoms with E-state index in [1.807, 2.05) is 0 Å². The van der Waals surface area contributed by atoms with Crippen LogP contribution >= 0.6 is 31.9 Å². The molecule has 0 aliphatic rings. The van der Waals surface area contributed by atoms with Crippen LogP contribution in [0.3, 0.4) is 0 Å². The van der Waals surface area contributed by atoms with Gasteiger partial charge in [-0.05, 0) is 52.3 Å². The van der Waals surface area contributed by atoms with Gasteiger partial charge >= 0.3 is 6.18 Å². The zero-order chi connectivity index (χ0) is 17.4. The first-order chi connectivity index (χ1) is 10.5. The molecule has 124 valence electrons. The number of hydrogen-bond donors (Lipinski definition) is 1. The molecule has 0 saturated heterocycles. The first-order valence-electron chi connectivity index (χ1n) is 5.85. The number of halogens is 6. The third kappa shape index (κ3) is 4.24. The Hall–Kier alpha value is -1.13. The highest BCUT2D eigenvalue weighted by atomic mass is 79.9. The van der Waals surface area contributed by atoms with E-state index in [4.69, 9.17) is 0 Å². The van der Waals surface area contributed by atoms with Gasteiger partial charge in [0.2, 0.25) is 0 Å². The fourth-order valence-electron chi connectivity index (χ4n) is 1.66. The monoisotopic (exact) mass is 475 g/mol. The van der Waals surface area contributed by atoms with Gasteiger partial charge in [-0.3, -0.25) is 4.72 Å². The van der Waals surface area contributed by atoms with Gasteiger partial charge < -0.3 is 0 Å². The van der Waals surface area contributed by atoms with Crippen LogP contribution < -0.4 is 4.72 Å². The van der Waals surface area contributed by atoms with Crippen molar-refractivity contribution in [2.24, 2.45) is 0 Å². The van der Waals surface area contributed by atoms with Crippen molar-refractivity contribution in [3.63, 3.8) is 0 Å². The van der Waals surface area contributed by atoms with Crippen LogP contribution in [0.25, 0.3) is 0 Å². The average molecular weight is 477 g/mol. The predicted molar refractivity (Wildman–Crippen MR) is 84.1 cm³/mol. The van der Waals surface area contributed by atoms with E-state index in [0.29, 0.717) is 6.07 Å². The van der Waals surface area contributed by atoms with Gasteiger partial charge in [-0.2, -0.15) is 13.2 Å². The van der Waals surface area contributed by atoms with Crippen molar-refractivity contribution in [2.75, 3.05) is 4.72 Å². The van der Waals surface area contributed by atoms with E-state index in [2.05, 4.69) is 36.6 Å². The summed E-state index contributed by atoms with van der Waals surface area (Å²) in [4.78, 5) is -0.566. The molecule has 23 heavy (non-hydrogen) atoms. The smallest absolute Gasteiger partial charge is 0.278 e. The Balaban J connectivity index is 2.44. The van der Waals surface area contributed by atoms with Gasteiger partial charge in [0.05, 0.1) is 16.1 Å². The van der Waals surface area contributed by atoms with Gasteiger partial charge in [-0.25, -0.2) is 12.8 Å². The van der Waals surface area contributed by atoms with Crippen molar-refractivity contribution in [2.45, 2.75) is 11.1 Å². The Bertz CT molecular complexity index is 854. The van der Waals surface area contributed by atoms with Crippen LogP contribution in [0.2, 0.25) is 0 Å². The van der Waals surface area contributed by atoms with Crippen LogP contribution in [0, 0.1) is 5.82 Å². The molecule has 0 atom stereocenters. The minimum absolute atomic E-state index is 0.00266. The lowest BCUT2D eigenvalue weighted by Gasteiger charge is -2.13. The van der Waals surface area contributed by atoms with E-state index in [1.54, 1.807) is 0 Å². The number of nitrogens with one attached hydrogen (secondary N) is 1. The topological polar surface area (TPSA) is 46.2 Å². The molecule has 2 aromatic carbocycles. The van der Waals surface area contributed by atoms with E-state index in [1.165, 1.54) is 0 Å². The number of anilines is 1. The second-order valence-electron chi connectivity index (χ2n) is 4.37. The Labute approximate surface area is 146 Å². The van der Waals surface area contributed by atoms with E-state index in [9.17, 15) is 26.0 Å². The molecular formula is C13H7Br2F4NO2S. The third-order valence-electron chi connectivity index (χ3n) is 2.73. The van der Waals surface area contributed by atoms with Crippen molar-refractivity contribution in [1.29, 1.82) is 0 Å². The van der Waals surface area contributed by atoms with Crippen LogP contribution in [-0.4, -0.2) is 8.42 Å². The summed E-state index contributed by atoms with van der Waals surface area (Å²) in [6.45, 7) is 0. The van der Waals surface area contributed by atoms with Crippen LogP contribution in [0.5, 0.6) is 0 Å². The summed E-state index contributed by atoms with van der Waals surface area (Å²) in [6, 6.07) is 5.74. The minimum Gasteiger partial charge on any atom is -0.278 e. The largest absolute Gasteiger partial charge is 0.417 e. The number of sulfonamides is 1. The standard InChI is InChI=1S/C13H7Br2F4NO2S/c14-10-3-2-8(6-9(10)13(17,18)19)23(21,22)20-12-4-1-7(16)5-11(12)15/h1-6,20H. The zero-order valence-electron chi connectivity index (χ0n) is 11.0. The maximum absolute atomic E-state index is 13.0.